The molecule has 1 aromatic rings. The number of ketones is 1. The number of hydrogen-bond donors (Lipinski definition) is 3. The standard InChI is InChI=1S/C19H24N2O6/c1-4-15(20-12(2)22)17(23)9-10-18(24)21-16(19(25)26)11-13-5-7-14(27-3)8-6-13/h4-8,15-16H,1,9-11H2,2-3H3,(H,20,22)(H,21,24)(H,25,26). The summed E-state index contributed by atoms with van der Waals surface area (Å²) in [6.45, 7) is 4.74. The molecule has 27 heavy (non-hydrogen) atoms. The number of carbonyl (C=O) groups is 4. The first kappa shape index (κ1) is 21.9. The highest BCUT2D eigenvalue weighted by Gasteiger charge is 2.22. The van der Waals surface area contributed by atoms with Crippen LogP contribution in [0, 0.1) is 0 Å². The zero-order valence-electron chi connectivity index (χ0n) is 15.4. The van der Waals surface area contributed by atoms with Crippen LogP contribution in [-0.2, 0) is 25.6 Å². The highest BCUT2D eigenvalue weighted by atomic mass is 16.5. The second-order valence-electron chi connectivity index (χ2n) is 5.89. The van der Waals surface area contributed by atoms with Crippen molar-refractivity contribution in [2.75, 3.05) is 7.11 Å². The van der Waals surface area contributed by atoms with Gasteiger partial charge in [0, 0.05) is 26.2 Å². The lowest BCUT2D eigenvalue weighted by molar-refractivity contribution is -0.141. The maximum absolute atomic E-state index is 12.0. The average molecular weight is 376 g/mol. The Morgan fingerprint density at radius 3 is 2.26 bits per heavy atom. The highest BCUT2D eigenvalue weighted by Crippen LogP contribution is 2.13. The number of amides is 2. The Kier molecular flexibility index (Phi) is 8.71. The van der Waals surface area contributed by atoms with Crippen LogP contribution < -0.4 is 15.4 Å². The number of nitrogens with one attached hydrogen (secondary N) is 2. The van der Waals surface area contributed by atoms with Crippen molar-refractivity contribution in [2.24, 2.45) is 0 Å². The third-order valence-electron chi connectivity index (χ3n) is 3.77. The van der Waals surface area contributed by atoms with Crippen LogP contribution in [0.5, 0.6) is 5.75 Å². The minimum Gasteiger partial charge on any atom is -0.497 e. The predicted molar refractivity (Wildman–Crippen MR) is 98.3 cm³/mol. The van der Waals surface area contributed by atoms with E-state index >= 15 is 0 Å². The summed E-state index contributed by atoms with van der Waals surface area (Å²) in [5.41, 5.74) is 0.719. The van der Waals surface area contributed by atoms with Gasteiger partial charge in [-0.3, -0.25) is 14.4 Å². The van der Waals surface area contributed by atoms with Crippen LogP contribution in [0.4, 0.5) is 0 Å². The number of carboxylic acids is 1. The molecule has 8 heteroatoms. The monoisotopic (exact) mass is 376 g/mol. The molecule has 3 N–H and O–H groups in total. The number of carbonyl (C=O) groups excluding carboxylic acids is 3. The van der Waals surface area contributed by atoms with Crippen LogP contribution in [-0.4, -0.2) is 47.9 Å². The third-order valence-corrected chi connectivity index (χ3v) is 3.77. The molecule has 8 nitrogen and oxygen atoms in total. The first-order chi connectivity index (χ1) is 12.8. The zero-order chi connectivity index (χ0) is 20.4. The Hall–Kier alpha value is -3.16. The summed E-state index contributed by atoms with van der Waals surface area (Å²) in [4.78, 5) is 46.5. The van der Waals surface area contributed by atoms with E-state index in [-0.39, 0.29) is 31.0 Å². The summed E-state index contributed by atoms with van der Waals surface area (Å²) in [5, 5.41) is 14.1. The second-order valence-corrected chi connectivity index (χ2v) is 5.89. The van der Waals surface area contributed by atoms with E-state index in [1.165, 1.54) is 20.1 Å². The molecule has 0 spiro atoms. The van der Waals surface area contributed by atoms with Crippen molar-refractivity contribution in [3.63, 3.8) is 0 Å². The third kappa shape index (κ3) is 7.72. The number of carboxylic acid groups (broad SMARTS) is 1. The van der Waals surface area contributed by atoms with Crippen LogP contribution in [0.15, 0.2) is 36.9 Å². The van der Waals surface area contributed by atoms with E-state index in [1.54, 1.807) is 24.3 Å². The van der Waals surface area contributed by atoms with Crippen molar-refractivity contribution < 1.29 is 29.0 Å². The molecule has 2 unspecified atom stereocenters. The molecule has 0 aliphatic rings. The summed E-state index contributed by atoms with van der Waals surface area (Å²) in [6, 6.07) is 4.84. The van der Waals surface area contributed by atoms with E-state index < -0.39 is 24.0 Å². The first-order valence-electron chi connectivity index (χ1n) is 8.34. The van der Waals surface area contributed by atoms with Gasteiger partial charge in [0.2, 0.25) is 11.8 Å². The van der Waals surface area contributed by atoms with E-state index in [0.29, 0.717) is 5.75 Å². The van der Waals surface area contributed by atoms with Crippen molar-refractivity contribution in [1.29, 1.82) is 0 Å². The molecule has 2 amide bonds. The van der Waals surface area contributed by atoms with Crippen molar-refractivity contribution >= 4 is 23.6 Å². The maximum Gasteiger partial charge on any atom is 0.326 e. The molecule has 0 bridgehead atoms. The van der Waals surface area contributed by atoms with Gasteiger partial charge in [-0.1, -0.05) is 18.2 Å². The molecular formula is C19H24N2O6. The van der Waals surface area contributed by atoms with Crippen molar-refractivity contribution in [1.82, 2.24) is 10.6 Å². The largest absolute Gasteiger partial charge is 0.497 e. The van der Waals surface area contributed by atoms with Gasteiger partial charge in [-0.25, -0.2) is 4.79 Å². The van der Waals surface area contributed by atoms with Crippen molar-refractivity contribution in [3.05, 3.63) is 42.5 Å². The Balaban J connectivity index is 2.59. The fourth-order valence-corrected chi connectivity index (χ4v) is 2.35. The van der Waals surface area contributed by atoms with E-state index in [9.17, 15) is 24.3 Å². The van der Waals surface area contributed by atoms with Crippen LogP contribution in [0.25, 0.3) is 0 Å². The normalized spacial score (nSPS) is 12.4. The fourth-order valence-electron chi connectivity index (χ4n) is 2.35. The number of aliphatic carboxylic acids is 1. The number of ether oxygens (including phenoxy) is 1. The molecule has 0 saturated heterocycles. The molecule has 0 aliphatic heterocycles. The van der Waals surface area contributed by atoms with Gasteiger partial charge in [-0.05, 0) is 17.7 Å². The number of hydrogen-bond acceptors (Lipinski definition) is 5. The van der Waals surface area contributed by atoms with Gasteiger partial charge in [0.25, 0.3) is 0 Å². The van der Waals surface area contributed by atoms with Crippen molar-refractivity contribution in [3.8, 4) is 5.75 Å². The lowest BCUT2D eigenvalue weighted by atomic mass is 10.0. The van der Waals surface area contributed by atoms with Crippen LogP contribution >= 0.6 is 0 Å². The first-order valence-corrected chi connectivity index (χ1v) is 8.34. The van der Waals surface area contributed by atoms with Crippen LogP contribution in [0.2, 0.25) is 0 Å². The summed E-state index contributed by atoms with van der Waals surface area (Å²) >= 11 is 0. The molecule has 1 aromatic carbocycles. The number of rotatable bonds is 11. The Labute approximate surface area is 157 Å². The van der Waals surface area contributed by atoms with Crippen LogP contribution in [0.1, 0.15) is 25.3 Å². The highest BCUT2D eigenvalue weighted by molar-refractivity contribution is 5.93. The Bertz CT molecular complexity index is 699. The van der Waals surface area contributed by atoms with Gasteiger partial charge < -0.3 is 20.5 Å². The SMILES string of the molecule is C=CC(NC(C)=O)C(=O)CCC(=O)NC(Cc1ccc(OC)cc1)C(=O)O. The average Bonchev–Trinajstić information content (AvgIpc) is 2.63. The molecule has 0 aromatic heterocycles. The van der Waals surface area contributed by atoms with Gasteiger partial charge in [0.15, 0.2) is 5.78 Å². The lowest BCUT2D eigenvalue weighted by Crippen LogP contribution is -2.43. The summed E-state index contributed by atoms with van der Waals surface area (Å²) in [7, 11) is 1.53. The molecule has 1 rings (SSSR count). The minimum absolute atomic E-state index is 0.0974. The molecule has 0 aliphatic carbocycles. The van der Waals surface area contributed by atoms with Gasteiger partial charge in [0.1, 0.15) is 17.8 Å². The molecule has 146 valence electrons. The predicted octanol–water partition coefficient (Wildman–Crippen LogP) is 0.847. The van der Waals surface area contributed by atoms with E-state index in [2.05, 4.69) is 17.2 Å². The molecule has 0 heterocycles. The number of methoxy groups -OCH3 is 1. The maximum atomic E-state index is 12.0. The Morgan fingerprint density at radius 2 is 1.78 bits per heavy atom. The Morgan fingerprint density at radius 1 is 1.15 bits per heavy atom. The van der Waals surface area contributed by atoms with Gasteiger partial charge in [0.05, 0.1) is 7.11 Å². The quantitative estimate of drug-likeness (QED) is 0.492. The summed E-state index contributed by atoms with van der Waals surface area (Å²) in [5.74, 6) is -1.85. The number of Topliss-reactive ketones (excluding diaryl/α,β-unsaturated/α-hetero) is 1. The molecule has 2 atom stereocenters. The van der Waals surface area contributed by atoms with E-state index in [0.717, 1.165) is 5.56 Å². The molecule has 0 radical (unpaired) electrons. The van der Waals surface area contributed by atoms with E-state index in [4.69, 9.17) is 4.74 Å². The molecule has 0 fully saturated rings. The fraction of sp³-hybridized carbons (Fsp3) is 0.368. The van der Waals surface area contributed by atoms with E-state index in [1.807, 2.05) is 0 Å². The summed E-state index contributed by atoms with van der Waals surface area (Å²) in [6.07, 6.45) is 1.05. The molecular weight excluding hydrogens is 352 g/mol. The van der Waals surface area contributed by atoms with Gasteiger partial charge in [-0.15, -0.1) is 6.58 Å². The zero-order valence-corrected chi connectivity index (χ0v) is 15.4. The van der Waals surface area contributed by atoms with Crippen molar-refractivity contribution in [2.45, 2.75) is 38.3 Å². The van der Waals surface area contributed by atoms with Crippen LogP contribution in [0.3, 0.4) is 0 Å². The lowest BCUT2D eigenvalue weighted by Gasteiger charge is -2.16. The smallest absolute Gasteiger partial charge is 0.326 e. The molecule has 0 saturated carbocycles. The van der Waals surface area contributed by atoms with Gasteiger partial charge >= 0.3 is 5.97 Å². The second kappa shape index (κ2) is 10.7. The minimum atomic E-state index is -1.17. The number of benzene rings is 1. The topological polar surface area (TPSA) is 122 Å². The van der Waals surface area contributed by atoms with Gasteiger partial charge in [-0.2, -0.15) is 0 Å². The summed E-state index contributed by atoms with van der Waals surface area (Å²) < 4.78 is 5.04.